The molecule has 0 saturated heterocycles. The molecule has 0 heterocycles. The highest BCUT2D eigenvalue weighted by molar-refractivity contribution is 8.00. The van der Waals surface area contributed by atoms with Crippen LogP contribution in [0.2, 0.25) is 0 Å². The Balaban J connectivity index is 1.99. The van der Waals surface area contributed by atoms with Gasteiger partial charge in [-0.25, -0.2) is 0 Å². The fraction of sp³-hybridized carbons (Fsp3) is 0.235. The number of ether oxygens (including phenoxy) is 2. The summed E-state index contributed by atoms with van der Waals surface area (Å²) in [7, 11) is 3.21. The van der Waals surface area contributed by atoms with E-state index < -0.39 is 0 Å². The zero-order valence-electron chi connectivity index (χ0n) is 12.8. The maximum absolute atomic E-state index is 12.3. The van der Waals surface area contributed by atoms with E-state index in [9.17, 15) is 4.79 Å². The Morgan fingerprint density at radius 1 is 1.05 bits per heavy atom. The van der Waals surface area contributed by atoms with Crippen LogP contribution < -0.4 is 14.8 Å². The lowest BCUT2D eigenvalue weighted by atomic mass is 10.3. The SMILES string of the molecule is COc1ccc(S[C@H](C)C(=O)Nc2ccccc2OC)cc1. The number of rotatable bonds is 6. The quantitative estimate of drug-likeness (QED) is 0.823. The number of para-hydroxylation sites is 2. The van der Waals surface area contributed by atoms with Crippen LogP contribution in [0.15, 0.2) is 53.4 Å². The molecule has 0 aliphatic heterocycles. The fourth-order valence-corrected chi connectivity index (χ4v) is 2.76. The second-order valence-electron chi connectivity index (χ2n) is 4.63. The second-order valence-corrected chi connectivity index (χ2v) is 6.04. The standard InChI is InChI=1S/C17H19NO3S/c1-12(22-14-10-8-13(20-2)9-11-14)17(19)18-15-6-4-5-7-16(15)21-3/h4-12H,1-3H3,(H,18,19)/t12-/m1/s1. The van der Waals surface area contributed by atoms with Crippen molar-refractivity contribution >= 4 is 23.4 Å². The van der Waals surface area contributed by atoms with Crippen LogP contribution in [0.4, 0.5) is 5.69 Å². The van der Waals surface area contributed by atoms with Crippen LogP contribution in [0.5, 0.6) is 11.5 Å². The molecule has 0 aromatic heterocycles. The van der Waals surface area contributed by atoms with Gasteiger partial charge in [0.25, 0.3) is 0 Å². The molecule has 1 atom stereocenters. The van der Waals surface area contributed by atoms with E-state index in [-0.39, 0.29) is 11.2 Å². The van der Waals surface area contributed by atoms with Gasteiger partial charge in [-0.15, -0.1) is 11.8 Å². The Bertz CT molecular complexity index is 628. The maximum atomic E-state index is 12.3. The lowest BCUT2D eigenvalue weighted by Crippen LogP contribution is -2.22. The van der Waals surface area contributed by atoms with Gasteiger partial charge in [-0.05, 0) is 43.3 Å². The van der Waals surface area contributed by atoms with E-state index in [1.807, 2.05) is 55.5 Å². The monoisotopic (exact) mass is 317 g/mol. The van der Waals surface area contributed by atoms with Gasteiger partial charge >= 0.3 is 0 Å². The van der Waals surface area contributed by atoms with E-state index in [1.165, 1.54) is 11.8 Å². The van der Waals surface area contributed by atoms with Crippen molar-refractivity contribution in [1.29, 1.82) is 0 Å². The average Bonchev–Trinajstić information content (AvgIpc) is 2.56. The molecular formula is C17H19NO3S. The first-order valence-electron chi connectivity index (χ1n) is 6.88. The van der Waals surface area contributed by atoms with Crippen molar-refractivity contribution in [3.05, 3.63) is 48.5 Å². The van der Waals surface area contributed by atoms with Crippen molar-refractivity contribution in [2.75, 3.05) is 19.5 Å². The molecule has 2 aromatic carbocycles. The molecule has 0 fully saturated rings. The van der Waals surface area contributed by atoms with Crippen LogP contribution in [0.3, 0.4) is 0 Å². The van der Waals surface area contributed by atoms with Crippen LogP contribution >= 0.6 is 11.8 Å². The summed E-state index contributed by atoms with van der Waals surface area (Å²) in [6, 6.07) is 15.0. The zero-order valence-corrected chi connectivity index (χ0v) is 13.6. The van der Waals surface area contributed by atoms with Crippen LogP contribution in [0.1, 0.15) is 6.92 Å². The highest BCUT2D eigenvalue weighted by Gasteiger charge is 2.16. The molecule has 0 saturated carbocycles. The number of hydrogen-bond acceptors (Lipinski definition) is 4. The molecule has 22 heavy (non-hydrogen) atoms. The number of carbonyl (C=O) groups is 1. The van der Waals surface area contributed by atoms with Crippen molar-refractivity contribution in [3.8, 4) is 11.5 Å². The van der Waals surface area contributed by atoms with Crippen LogP contribution in [0.25, 0.3) is 0 Å². The normalized spacial score (nSPS) is 11.6. The Morgan fingerprint density at radius 3 is 2.36 bits per heavy atom. The van der Waals surface area contributed by atoms with Gasteiger partial charge in [-0.2, -0.15) is 0 Å². The van der Waals surface area contributed by atoms with Crippen molar-refractivity contribution in [2.24, 2.45) is 0 Å². The summed E-state index contributed by atoms with van der Waals surface area (Å²) in [5, 5.41) is 2.67. The van der Waals surface area contributed by atoms with Gasteiger partial charge in [-0.1, -0.05) is 12.1 Å². The number of amides is 1. The van der Waals surface area contributed by atoms with Gasteiger partial charge in [0.15, 0.2) is 0 Å². The molecule has 0 unspecified atom stereocenters. The smallest absolute Gasteiger partial charge is 0.237 e. The van der Waals surface area contributed by atoms with E-state index in [0.717, 1.165) is 10.6 Å². The molecule has 0 spiro atoms. The summed E-state index contributed by atoms with van der Waals surface area (Å²) in [4.78, 5) is 13.3. The number of benzene rings is 2. The predicted octanol–water partition coefficient (Wildman–Crippen LogP) is 3.82. The van der Waals surface area contributed by atoms with Gasteiger partial charge < -0.3 is 14.8 Å². The Morgan fingerprint density at radius 2 is 1.73 bits per heavy atom. The minimum atomic E-state index is -0.224. The highest BCUT2D eigenvalue weighted by atomic mass is 32.2. The first-order chi connectivity index (χ1) is 10.6. The number of anilines is 1. The largest absolute Gasteiger partial charge is 0.497 e. The van der Waals surface area contributed by atoms with Gasteiger partial charge in [-0.3, -0.25) is 4.79 Å². The minimum Gasteiger partial charge on any atom is -0.497 e. The molecule has 2 aromatic rings. The lowest BCUT2D eigenvalue weighted by Gasteiger charge is -2.14. The fourth-order valence-electron chi connectivity index (χ4n) is 1.89. The first-order valence-corrected chi connectivity index (χ1v) is 7.76. The predicted molar refractivity (Wildman–Crippen MR) is 89.9 cm³/mol. The molecular weight excluding hydrogens is 298 g/mol. The number of methoxy groups -OCH3 is 2. The number of nitrogens with one attached hydrogen (secondary N) is 1. The van der Waals surface area contributed by atoms with Gasteiger partial charge in [0.05, 0.1) is 25.2 Å². The molecule has 4 nitrogen and oxygen atoms in total. The third-order valence-electron chi connectivity index (χ3n) is 3.11. The number of thioether (sulfide) groups is 1. The van der Waals surface area contributed by atoms with E-state index in [4.69, 9.17) is 9.47 Å². The Hall–Kier alpha value is -2.14. The van der Waals surface area contributed by atoms with Crippen molar-refractivity contribution < 1.29 is 14.3 Å². The topological polar surface area (TPSA) is 47.6 Å². The summed E-state index contributed by atoms with van der Waals surface area (Å²) in [6.07, 6.45) is 0. The molecule has 0 radical (unpaired) electrons. The van der Waals surface area contributed by atoms with Gasteiger partial charge in [0, 0.05) is 4.90 Å². The third-order valence-corrected chi connectivity index (χ3v) is 4.22. The van der Waals surface area contributed by atoms with E-state index in [0.29, 0.717) is 11.4 Å². The summed E-state index contributed by atoms with van der Waals surface area (Å²) in [5.41, 5.74) is 0.678. The average molecular weight is 317 g/mol. The minimum absolute atomic E-state index is 0.0645. The summed E-state index contributed by atoms with van der Waals surface area (Å²) in [6.45, 7) is 1.87. The highest BCUT2D eigenvalue weighted by Crippen LogP contribution is 2.28. The molecule has 0 bridgehead atoms. The summed E-state index contributed by atoms with van der Waals surface area (Å²) < 4.78 is 10.4. The Labute approximate surface area is 134 Å². The molecule has 2 rings (SSSR count). The van der Waals surface area contributed by atoms with Crippen molar-refractivity contribution in [1.82, 2.24) is 0 Å². The van der Waals surface area contributed by atoms with Gasteiger partial charge in [0.1, 0.15) is 11.5 Å². The Kier molecular flexibility index (Phi) is 5.72. The number of carbonyl (C=O) groups excluding carboxylic acids is 1. The van der Waals surface area contributed by atoms with Crippen molar-refractivity contribution in [3.63, 3.8) is 0 Å². The third kappa shape index (κ3) is 4.18. The molecule has 1 amide bonds. The van der Waals surface area contributed by atoms with E-state index >= 15 is 0 Å². The van der Waals surface area contributed by atoms with Crippen LogP contribution in [-0.2, 0) is 4.79 Å². The molecule has 0 aliphatic carbocycles. The van der Waals surface area contributed by atoms with E-state index in [2.05, 4.69) is 5.32 Å². The lowest BCUT2D eigenvalue weighted by molar-refractivity contribution is -0.115. The van der Waals surface area contributed by atoms with Crippen LogP contribution in [0, 0.1) is 0 Å². The summed E-state index contributed by atoms with van der Waals surface area (Å²) >= 11 is 1.50. The maximum Gasteiger partial charge on any atom is 0.237 e. The van der Waals surface area contributed by atoms with Crippen molar-refractivity contribution in [2.45, 2.75) is 17.1 Å². The first kappa shape index (κ1) is 16.2. The zero-order chi connectivity index (χ0) is 15.9. The summed E-state index contributed by atoms with van der Waals surface area (Å²) in [5.74, 6) is 1.39. The molecule has 5 heteroatoms. The molecule has 116 valence electrons. The molecule has 0 aliphatic rings. The second kappa shape index (κ2) is 7.75. The van der Waals surface area contributed by atoms with Gasteiger partial charge in [0.2, 0.25) is 5.91 Å². The number of hydrogen-bond donors (Lipinski definition) is 1. The molecule has 1 N–H and O–H groups in total. The van der Waals surface area contributed by atoms with E-state index in [1.54, 1.807) is 14.2 Å². The van der Waals surface area contributed by atoms with Crippen LogP contribution in [-0.4, -0.2) is 25.4 Å².